The molecule has 4 aromatic rings. The molecule has 7 heteroatoms. The fourth-order valence-corrected chi connectivity index (χ4v) is 4.09. The van der Waals surface area contributed by atoms with Gasteiger partial charge in [0.2, 0.25) is 0 Å². The number of halogens is 1. The fourth-order valence-electron chi connectivity index (χ4n) is 3.14. The third-order valence-corrected chi connectivity index (χ3v) is 6.09. The number of thiazole rings is 1. The Hall–Kier alpha value is -2.77. The number of aliphatic hydroxyl groups is 1. The van der Waals surface area contributed by atoms with Crippen LogP contribution in [-0.4, -0.2) is 34.8 Å². The van der Waals surface area contributed by atoms with Gasteiger partial charge in [0.25, 0.3) is 0 Å². The van der Waals surface area contributed by atoms with E-state index in [4.69, 9.17) is 21.3 Å². The average molecular weight is 466 g/mol. The second-order valence-corrected chi connectivity index (χ2v) is 8.66. The zero-order valence-electron chi connectivity index (χ0n) is 17.7. The van der Waals surface area contributed by atoms with Crippen LogP contribution in [0.1, 0.15) is 17.2 Å². The van der Waals surface area contributed by atoms with Gasteiger partial charge in [0.1, 0.15) is 22.5 Å². The third kappa shape index (κ3) is 5.93. The van der Waals surface area contributed by atoms with Crippen LogP contribution in [0.15, 0.2) is 72.2 Å². The van der Waals surface area contributed by atoms with Crippen LogP contribution in [-0.2, 0) is 0 Å². The molecule has 2 aromatic heterocycles. The van der Waals surface area contributed by atoms with Gasteiger partial charge in [-0.2, -0.15) is 0 Å². The maximum Gasteiger partial charge on any atom is 0.129 e. The molecule has 32 heavy (non-hydrogen) atoms. The van der Waals surface area contributed by atoms with Crippen LogP contribution in [0.2, 0.25) is 5.15 Å². The topological polar surface area (TPSA) is 67.3 Å². The molecule has 0 amide bonds. The summed E-state index contributed by atoms with van der Waals surface area (Å²) in [5.74, 6) is 0.798. The maximum absolute atomic E-state index is 10.2. The molecule has 1 unspecified atom stereocenters. The van der Waals surface area contributed by atoms with Gasteiger partial charge in [-0.15, -0.1) is 11.3 Å². The Balaban J connectivity index is 1.24. The smallest absolute Gasteiger partial charge is 0.129 e. The van der Waals surface area contributed by atoms with E-state index in [0.29, 0.717) is 24.8 Å². The van der Waals surface area contributed by atoms with Crippen molar-refractivity contribution in [1.82, 2.24) is 15.3 Å². The Morgan fingerprint density at radius 1 is 1.03 bits per heavy atom. The second-order valence-electron chi connectivity index (χ2n) is 7.41. The first kappa shape index (κ1) is 22.4. The molecule has 0 aliphatic heterocycles. The molecule has 2 aromatic carbocycles. The van der Waals surface area contributed by atoms with Gasteiger partial charge in [0.15, 0.2) is 0 Å². The first-order valence-corrected chi connectivity index (χ1v) is 11.6. The highest BCUT2D eigenvalue weighted by Crippen LogP contribution is 2.29. The standard InChI is InChI=1S/C25H24ClN3O2S/c1-17-2-4-19(5-3-17)25-29-22(16-32-25)18-6-9-21(10-7-18)31-13-12-27-15-23(30)20-8-11-24(26)28-14-20/h2-11,14,16,23,27,30H,12-13,15H2,1H3. The van der Waals surface area contributed by atoms with Crippen molar-refractivity contribution in [2.75, 3.05) is 19.7 Å². The van der Waals surface area contributed by atoms with E-state index in [1.165, 1.54) is 5.56 Å². The molecule has 164 valence electrons. The average Bonchev–Trinajstić information content (AvgIpc) is 3.30. The van der Waals surface area contributed by atoms with Crippen molar-refractivity contribution in [2.24, 2.45) is 0 Å². The van der Waals surface area contributed by atoms with Crippen molar-refractivity contribution in [2.45, 2.75) is 13.0 Å². The summed E-state index contributed by atoms with van der Waals surface area (Å²) in [5.41, 5.74) is 5.13. The van der Waals surface area contributed by atoms with Crippen molar-refractivity contribution < 1.29 is 9.84 Å². The zero-order valence-corrected chi connectivity index (χ0v) is 19.2. The molecule has 2 heterocycles. The SMILES string of the molecule is Cc1ccc(-c2nc(-c3ccc(OCCNCC(O)c4ccc(Cl)nc4)cc3)cs2)cc1. The van der Waals surface area contributed by atoms with Crippen LogP contribution in [0.3, 0.4) is 0 Å². The lowest BCUT2D eigenvalue weighted by molar-refractivity contribution is 0.171. The van der Waals surface area contributed by atoms with Crippen LogP contribution in [0.25, 0.3) is 21.8 Å². The van der Waals surface area contributed by atoms with Crippen LogP contribution in [0.5, 0.6) is 5.75 Å². The summed E-state index contributed by atoms with van der Waals surface area (Å²) in [6.07, 6.45) is 0.945. The number of nitrogens with one attached hydrogen (secondary N) is 1. The summed E-state index contributed by atoms with van der Waals surface area (Å²) in [6, 6.07) is 19.8. The largest absolute Gasteiger partial charge is 0.492 e. The summed E-state index contributed by atoms with van der Waals surface area (Å²) < 4.78 is 5.79. The van der Waals surface area contributed by atoms with Gasteiger partial charge in [-0.1, -0.05) is 47.5 Å². The predicted molar refractivity (Wildman–Crippen MR) is 130 cm³/mol. The molecule has 0 saturated carbocycles. The number of benzene rings is 2. The molecule has 0 fully saturated rings. The molecule has 5 nitrogen and oxygen atoms in total. The highest BCUT2D eigenvalue weighted by atomic mass is 35.5. The predicted octanol–water partition coefficient (Wildman–Crippen LogP) is 5.54. The van der Waals surface area contributed by atoms with Gasteiger partial charge in [-0.3, -0.25) is 0 Å². The molecule has 0 aliphatic carbocycles. The molecule has 4 rings (SSSR count). The second kappa shape index (κ2) is 10.7. The minimum Gasteiger partial charge on any atom is -0.492 e. The van der Waals surface area contributed by atoms with Gasteiger partial charge in [0, 0.05) is 41.4 Å². The number of pyridine rings is 1. The maximum atomic E-state index is 10.2. The molecule has 0 radical (unpaired) electrons. The van der Waals surface area contributed by atoms with Gasteiger partial charge < -0.3 is 15.2 Å². The van der Waals surface area contributed by atoms with Crippen LogP contribution in [0, 0.1) is 6.92 Å². The number of aromatic nitrogens is 2. The number of hydrogen-bond acceptors (Lipinski definition) is 6. The van der Waals surface area contributed by atoms with Gasteiger partial charge in [-0.25, -0.2) is 9.97 Å². The summed E-state index contributed by atoms with van der Waals surface area (Å²) in [4.78, 5) is 8.76. The van der Waals surface area contributed by atoms with Crippen molar-refractivity contribution >= 4 is 22.9 Å². The molecule has 1 atom stereocenters. The first-order chi connectivity index (χ1) is 15.6. The Bertz CT molecular complexity index is 1130. The minimum atomic E-state index is -0.637. The Labute approximate surface area is 196 Å². The van der Waals surface area contributed by atoms with Gasteiger partial charge in [0.05, 0.1) is 11.8 Å². The molecule has 0 saturated heterocycles. The fraction of sp³-hybridized carbons (Fsp3) is 0.200. The summed E-state index contributed by atoms with van der Waals surface area (Å²) in [6.45, 7) is 3.61. The summed E-state index contributed by atoms with van der Waals surface area (Å²) >= 11 is 7.41. The van der Waals surface area contributed by atoms with E-state index in [-0.39, 0.29) is 0 Å². The Kier molecular flexibility index (Phi) is 7.50. The third-order valence-electron chi connectivity index (χ3n) is 4.97. The van der Waals surface area contributed by atoms with Crippen molar-refractivity contribution in [1.29, 1.82) is 0 Å². The number of aryl methyl sites for hydroxylation is 1. The molecule has 0 bridgehead atoms. The number of rotatable bonds is 9. The van der Waals surface area contributed by atoms with Crippen LogP contribution < -0.4 is 10.1 Å². The highest BCUT2D eigenvalue weighted by molar-refractivity contribution is 7.13. The van der Waals surface area contributed by atoms with Crippen LogP contribution in [0.4, 0.5) is 0 Å². The normalized spacial score (nSPS) is 12.0. The molecular weight excluding hydrogens is 442 g/mol. The zero-order chi connectivity index (χ0) is 22.3. The number of ether oxygens (including phenoxy) is 1. The minimum absolute atomic E-state index is 0.412. The lowest BCUT2D eigenvalue weighted by atomic mass is 10.1. The van der Waals surface area contributed by atoms with Crippen LogP contribution >= 0.6 is 22.9 Å². The number of aliphatic hydroxyl groups excluding tert-OH is 1. The Morgan fingerprint density at radius 3 is 2.50 bits per heavy atom. The summed E-state index contributed by atoms with van der Waals surface area (Å²) in [7, 11) is 0. The van der Waals surface area contributed by atoms with E-state index in [1.807, 2.05) is 24.3 Å². The molecule has 0 aliphatic rings. The van der Waals surface area contributed by atoms with Crippen molar-refractivity contribution in [3.8, 4) is 27.6 Å². The number of nitrogens with zero attached hydrogens (tertiary/aromatic N) is 2. The van der Waals surface area contributed by atoms with E-state index in [9.17, 15) is 5.11 Å². The van der Waals surface area contributed by atoms with Crippen molar-refractivity contribution in [3.05, 3.63) is 88.5 Å². The summed E-state index contributed by atoms with van der Waals surface area (Å²) in [5, 5.41) is 16.9. The van der Waals surface area contributed by atoms with Gasteiger partial charge in [-0.05, 0) is 37.3 Å². The molecular formula is C25H24ClN3O2S. The van der Waals surface area contributed by atoms with E-state index in [0.717, 1.165) is 33.1 Å². The van der Waals surface area contributed by atoms with E-state index in [2.05, 4.69) is 46.9 Å². The number of hydrogen-bond donors (Lipinski definition) is 2. The first-order valence-electron chi connectivity index (χ1n) is 10.3. The Morgan fingerprint density at radius 2 is 1.78 bits per heavy atom. The van der Waals surface area contributed by atoms with Crippen molar-refractivity contribution in [3.63, 3.8) is 0 Å². The van der Waals surface area contributed by atoms with E-state index < -0.39 is 6.10 Å². The van der Waals surface area contributed by atoms with Gasteiger partial charge >= 0.3 is 0 Å². The molecule has 2 N–H and O–H groups in total. The lowest BCUT2D eigenvalue weighted by Gasteiger charge is -2.12. The van der Waals surface area contributed by atoms with E-state index >= 15 is 0 Å². The highest BCUT2D eigenvalue weighted by Gasteiger charge is 2.08. The molecule has 0 spiro atoms. The monoisotopic (exact) mass is 465 g/mol. The quantitative estimate of drug-likeness (QED) is 0.251. The van der Waals surface area contributed by atoms with E-state index in [1.54, 1.807) is 29.7 Å². The lowest BCUT2D eigenvalue weighted by Crippen LogP contribution is -2.26.